The molecule has 0 saturated carbocycles. The van der Waals surface area contributed by atoms with Gasteiger partial charge in [-0.1, -0.05) is 78.9 Å². The number of hydrogen-bond donors (Lipinski definition) is 0. The molecule has 88 heavy (non-hydrogen) atoms. The van der Waals surface area contributed by atoms with Crippen LogP contribution in [-0.2, 0) is 17.1 Å². The molecule has 458 valence electrons. The topological polar surface area (TPSA) is 38.7 Å². The van der Waals surface area contributed by atoms with Gasteiger partial charge >= 0.3 is 17.1 Å². The number of rotatable bonds is 13. The quantitative estimate of drug-likeness (QED) is 0.0380. The van der Waals surface area contributed by atoms with E-state index >= 15 is 35.1 Å². The van der Waals surface area contributed by atoms with Gasteiger partial charge in [-0.3, -0.25) is 4.98 Å². The number of hydrogen-bond acceptors (Lipinski definition) is 3. The molecule has 10 aromatic rings. The SMILES string of the molecule is Cc1ccnc(-c2ccccn2)n1.Fc1c(F)c(F)c([B-](c2c(F)c(F)c(F)c(F)c2F)(c2c(F)c(F)c(F)c(F)c2F)c2c(F)c(F)c(F)c(F)c2F)c(F)c1F.[Cu+].c1ccc([PH+](CCC[PH+](c2ccccc2)c2ccccc2)c2ccccc2)cc1. The first-order chi connectivity index (χ1) is 41.5. The number of nitrogens with zero attached hydrogens (tertiary/aromatic N) is 3. The van der Waals surface area contributed by atoms with Gasteiger partial charge in [0.2, 0.25) is 0 Å². The Morgan fingerprint density at radius 2 is 0.545 bits per heavy atom. The zero-order valence-electron chi connectivity index (χ0n) is 44.4. The van der Waals surface area contributed by atoms with Crippen LogP contribution in [0.15, 0.2) is 158 Å². The number of pyridine rings is 1. The van der Waals surface area contributed by atoms with Gasteiger partial charge in [0, 0.05) is 24.5 Å². The maximum absolute atomic E-state index is 15.4. The van der Waals surface area contributed by atoms with Crippen LogP contribution in [0.2, 0.25) is 0 Å². The van der Waals surface area contributed by atoms with Gasteiger partial charge in [0.25, 0.3) is 0 Å². The molecule has 0 bridgehead atoms. The molecule has 0 unspecified atom stereocenters. The molecule has 0 amide bonds. The van der Waals surface area contributed by atoms with Crippen molar-refractivity contribution in [3.63, 3.8) is 0 Å². The van der Waals surface area contributed by atoms with Crippen LogP contribution in [0.1, 0.15) is 12.1 Å². The molecule has 27 heteroatoms. The second kappa shape index (κ2) is 28.9. The van der Waals surface area contributed by atoms with Crippen molar-refractivity contribution in [3.05, 3.63) is 280 Å². The van der Waals surface area contributed by atoms with Crippen LogP contribution in [0, 0.1) is 123 Å². The predicted octanol–water partition coefficient (Wildman–Crippen LogP) is 12.8. The molecule has 0 atom stereocenters. The van der Waals surface area contributed by atoms with Crippen molar-refractivity contribution in [1.29, 1.82) is 0 Å². The molecule has 8 aromatic carbocycles. The van der Waals surface area contributed by atoms with Gasteiger partial charge < -0.3 is 0 Å². The van der Waals surface area contributed by atoms with Crippen molar-refractivity contribution in [2.75, 3.05) is 12.3 Å². The second-order valence-corrected chi connectivity index (χ2v) is 24.0. The standard InChI is InChI=1S/C27H26P2.C24BF20.C10H9N3.Cu/c1-5-14-24(15-6-1)28(25-16-7-2-8-17-25)22-13-23-29(26-18-9-3-10-19-26)27-20-11-4-12-21-27;26-5-1(6(27)14(35)21(42)13(5)34)25(2-7(28)15(36)22(43)16(37)8(2)29,3-9(30)17(38)23(44)18(39)10(3)31)4-11(32)19(40)24(45)20(41)12(4)33;1-8-5-7-12-10(13-8)9-4-2-3-6-11-9;/h1-12,14-21H,13,22-23H2;;2-7H,1H3;/q;-1;;+1/p+2. The van der Waals surface area contributed by atoms with E-state index in [0.29, 0.717) is 5.82 Å². The minimum atomic E-state index is -7.22. The van der Waals surface area contributed by atoms with E-state index in [1.54, 1.807) is 12.4 Å². The normalized spacial score (nSPS) is 11.3. The maximum Gasteiger partial charge on any atom is 1.00 e. The fourth-order valence-electron chi connectivity index (χ4n) is 9.85. The fraction of sp³-hybridized carbons (Fsp3) is 0.0656. The largest absolute Gasteiger partial charge is 1.00 e. The van der Waals surface area contributed by atoms with Gasteiger partial charge in [-0.2, -0.15) is 0 Å². The Bertz CT molecular complexity index is 3570. The Hall–Kier alpha value is -7.97. The smallest absolute Gasteiger partial charge is 0.253 e. The molecule has 0 aliphatic carbocycles. The van der Waals surface area contributed by atoms with Gasteiger partial charge in [0.05, 0.1) is 49.4 Å². The minimum Gasteiger partial charge on any atom is -0.253 e. The van der Waals surface area contributed by atoms with Crippen LogP contribution in [0.25, 0.3) is 11.5 Å². The monoisotopic (exact) mass is 1330 g/mol. The Kier molecular flexibility index (Phi) is 22.2. The van der Waals surface area contributed by atoms with E-state index in [4.69, 9.17) is 0 Å². The third-order valence-corrected chi connectivity index (χ3v) is 19.6. The van der Waals surface area contributed by atoms with E-state index in [-0.39, 0.29) is 17.1 Å². The average Bonchev–Trinajstić information content (AvgIpc) is 0.701. The van der Waals surface area contributed by atoms with Gasteiger partial charge in [0.15, 0.2) is 75.6 Å². The molecule has 0 aliphatic rings. The van der Waals surface area contributed by atoms with E-state index in [1.165, 1.54) is 40.0 Å². The first-order valence-corrected chi connectivity index (χ1v) is 28.8. The van der Waals surface area contributed by atoms with E-state index in [0.717, 1.165) is 11.4 Å². The fourth-order valence-corrected chi connectivity index (χ4v) is 15.5. The molecule has 0 fully saturated rings. The molecule has 0 spiro atoms. The summed E-state index contributed by atoms with van der Waals surface area (Å²) in [6.45, 7) is 1.94. The van der Waals surface area contributed by atoms with Gasteiger partial charge in [-0.15, -0.1) is 21.9 Å². The van der Waals surface area contributed by atoms with Crippen LogP contribution in [0.4, 0.5) is 87.8 Å². The number of aryl methyl sites for hydroxylation is 1. The zero-order valence-corrected chi connectivity index (χ0v) is 47.4. The van der Waals surface area contributed by atoms with E-state index in [1.807, 2.05) is 31.2 Å². The van der Waals surface area contributed by atoms with Crippen LogP contribution >= 0.6 is 15.8 Å². The Balaban J connectivity index is 0.000000217. The molecular weight excluding hydrogens is 1290 g/mol. The van der Waals surface area contributed by atoms with Gasteiger partial charge in [-0.25, -0.2) is 97.8 Å². The van der Waals surface area contributed by atoms with Crippen molar-refractivity contribution in [3.8, 4) is 11.5 Å². The molecule has 0 aliphatic heterocycles. The van der Waals surface area contributed by atoms with Crippen molar-refractivity contribution >= 4 is 65.1 Å². The first kappa shape index (κ1) is 67.5. The molecular formula is C61H37BCuF20N3P2+2. The van der Waals surface area contributed by atoms with Crippen molar-refractivity contribution in [2.45, 2.75) is 13.3 Å². The average molecular weight is 1330 g/mol. The molecule has 3 nitrogen and oxygen atoms in total. The molecule has 0 N–H and O–H groups in total. The van der Waals surface area contributed by atoms with Crippen LogP contribution in [0.3, 0.4) is 0 Å². The van der Waals surface area contributed by atoms with Gasteiger partial charge in [0.1, 0.15) is 58.4 Å². The summed E-state index contributed by atoms with van der Waals surface area (Å²) < 4.78 is 294. The number of benzene rings is 8. The summed E-state index contributed by atoms with van der Waals surface area (Å²) in [5.74, 6) is -70.7. The molecule has 0 saturated heterocycles. The minimum absolute atomic E-state index is 0. The van der Waals surface area contributed by atoms with Crippen LogP contribution in [-0.4, -0.2) is 33.4 Å². The van der Waals surface area contributed by atoms with Crippen molar-refractivity contribution in [1.82, 2.24) is 15.0 Å². The summed E-state index contributed by atoms with van der Waals surface area (Å²) in [6, 6.07) is 52.1. The van der Waals surface area contributed by atoms with Crippen LogP contribution in [0.5, 0.6) is 0 Å². The zero-order chi connectivity index (χ0) is 63.2. The van der Waals surface area contributed by atoms with E-state index < -0.39 is 160 Å². The van der Waals surface area contributed by atoms with E-state index in [9.17, 15) is 52.7 Å². The second-order valence-electron chi connectivity index (χ2n) is 18.8. The Morgan fingerprint density at radius 1 is 0.295 bits per heavy atom. The molecule has 10 rings (SSSR count). The van der Waals surface area contributed by atoms with Crippen LogP contribution < -0.4 is 43.1 Å². The van der Waals surface area contributed by atoms with E-state index in [2.05, 4.69) is 136 Å². The Labute approximate surface area is 500 Å². The predicted molar refractivity (Wildman–Crippen MR) is 295 cm³/mol. The summed E-state index contributed by atoms with van der Waals surface area (Å²) in [4.78, 5) is 12.6. The third-order valence-electron chi connectivity index (χ3n) is 13.7. The maximum atomic E-state index is 15.4. The number of halogens is 20. The summed E-state index contributed by atoms with van der Waals surface area (Å²) in [5.41, 5.74) is -12.6. The summed E-state index contributed by atoms with van der Waals surface area (Å²) in [5, 5.41) is 6.10. The van der Waals surface area contributed by atoms with Crippen molar-refractivity contribution < 1.29 is 105 Å². The summed E-state index contributed by atoms with van der Waals surface area (Å²) >= 11 is 0. The molecule has 2 heterocycles. The molecule has 2 aromatic heterocycles. The first-order valence-electron chi connectivity index (χ1n) is 25.4. The Morgan fingerprint density at radius 3 is 0.784 bits per heavy atom. The van der Waals surface area contributed by atoms with Gasteiger partial charge in [-0.05, 0) is 73.7 Å². The molecule has 0 radical (unpaired) electrons. The summed E-state index contributed by atoms with van der Waals surface area (Å²) in [6.07, 6.45) is 0.105. The van der Waals surface area contributed by atoms with Crippen molar-refractivity contribution in [2.24, 2.45) is 0 Å². The number of aromatic nitrogens is 3. The third kappa shape index (κ3) is 13.1. The summed E-state index contributed by atoms with van der Waals surface area (Å²) in [7, 11) is -1.48.